The van der Waals surface area contributed by atoms with Gasteiger partial charge in [-0.2, -0.15) is 0 Å². The minimum atomic E-state index is -3.44. The Morgan fingerprint density at radius 3 is 2.34 bits per heavy atom. The lowest BCUT2D eigenvalue weighted by Crippen LogP contribution is -2.41. The van der Waals surface area contributed by atoms with E-state index in [1.807, 2.05) is 12.1 Å². The van der Waals surface area contributed by atoms with Gasteiger partial charge in [-0.25, -0.2) is 12.7 Å². The molecule has 1 saturated heterocycles. The molecule has 2 amide bonds. The van der Waals surface area contributed by atoms with E-state index in [-0.39, 0.29) is 17.6 Å². The SMILES string of the molecule is NC(=O)c1ccc(NC(=O)C2CCN(S(=O)(=O)Cc3cccc(Br)c3)CC2)cc1. The van der Waals surface area contributed by atoms with Gasteiger partial charge in [-0.3, -0.25) is 9.59 Å². The number of nitrogens with one attached hydrogen (secondary N) is 1. The summed E-state index contributed by atoms with van der Waals surface area (Å²) in [5, 5.41) is 2.81. The van der Waals surface area contributed by atoms with Gasteiger partial charge in [0.15, 0.2) is 0 Å². The third-order valence-electron chi connectivity index (χ3n) is 4.89. The molecule has 3 N–H and O–H groups in total. The predicted molar refractivity (Wildman–Crippen MR) is 115 cm³/mol. The maximum absolute atomic E-state index is 12.7. The fraction of sp³-hybridized carbons (Fsp3) is 0.300. The van der Waals surface area contributed by atoms with Crippen molar-refractivity contribution >= 4 is 43.5 Å². The summed E-state index contributed by atoms with van der Waals surface area (Å²) in [6, 6.07) is 13.6. The standard InChI is InChI=1S/C20H22BrN3O4S/c21-17-3-1-2-14(12-17)13-29(27,28)24-10-8-16(9-11-24)20(26)23-18-6-4-15(5-7-18)19(22)25/h1-7,12,16H,8-11,13H2,(H2,22,25)(H,23,26). The maximum Gasteiger partial charge on any atom is 0.248 e. The average molecular weight is 480 g/mol. The molecule has 2 aromatic carbocycles. The first kappa shape index (κ1) is 21.5. The van der Waals surface area contributed by atoms with Crippen molar-refractivity contribution in [3.05, 3.63) is 64.1 Å². The molecule has 29 heavy (non-hydrogen) atoms. The van der Waals surface area contributed by atoms with Gasteiger partial charge in [-0.15, -0.1) is 0 Å². The van der Waals surface area contributed by atoms with E-state index < -0.39 is 15.9 Å². The monoisotopic (exact) mass is 479 g/mol. The van der Waals surface area contributed by atoms with E-state index in [2.05, 4.69) is 21.2 Å². The number of benzene rings is 2. The molecule has 0 radical (unpaired) electrons. The van der Waals surface area contributed by atoms with E-state index in [1.54, 1.807) is 36.4 Å². The number of sulfonamides is 1. The summed E-state index contributed by atoms with van der Waals surface area (Å²) < 4.78 is 27.7. The number of nitrogens with zero attached hydrogens (tertiary/aromatic N) is 1. The number of rotatable bonds is 6. The van der Waals surface area contributed by atoms with Gasteiger partial charge in [0.25, 0.3) is 0 Å². The molecule has 0 spiro atoms. The number of halogens is 1. The largest absolute Gasteiger partial charge is 0.366 e. The molecular weight excluding hydrogens is 458 g/mol. The van der Waals surface area contributed by atoms with Crippen LogP contribution in [-0.2, 0) is 20.6 Å². The first-order valence-electron chi connectivity index (χ1n) is 9.17. The first-order chi connectivity index (χ1) is 13.7. The van der Waals surface area contributed by atoms with Crippen molar-refractivity contribution in [2.24, 2.45) is 11.7 Å². The van der Waals surface area contributed by atoms with E-state index in [0.717, 1.165) is 10.0 Å². The maximum atomic E-state index is 12.7. The highest BCUT2D eigenvalue weighted by atomic mass is 79.9. The number of hydrogen-bond acceptors (Lipinski definition) is 4. The zero-order valence-electron chi connectivity index (χ0n) is 15.7. The van der Waals surface area contributed by atoms with Gasteiger partial charge in [0.05, 0.1) is 5.75 Å². The number of nitrogens with two attached hydrogens (primary N) is 1. The molecule has 9 heteroatoms. The molecule has 3 rings (SSSR count). The van der Waals surface area contributed by atoms with E-state index in [1.165, 1.54) is 4.31 Å². The number of carbonyl (C=O) groups excluding carboxylic acids is 2. The lowest BCUT2D eigenvalue weighted by molar-refractivity contribution is -0.120. The Morgan fingerprint density at radius 2 is 1.76 bits per heavy atom. The second kappa shape index (κ2) is 9.06. The third-order valence-corrected chi connectivity index (χ3v) is 7.24. The summed E-state index contributed by atoms with van der Waals surface area (Å²) in [6.07, 6.45) is 0.922. The second-order valence-electron chi connectivity index (χ2n) is 6.99. The Kier molecular flexibility index (Phi) is 6.71. The normalized spacial score (nSPS) is 15.8. The van der Waals surface area contributed by atoms with Crippen molar-refractivity contribution in [1.82, 2.24) is 4.31 Å². The highest BCUT2D eigenvalue weighted by Crippen LogP contribution is 2.24. The van der Waals surface area contributed by atoms with Gasteiger partial charge in [0, 0.05) is 34.7 Å². The molecule has 154 valence electrons. The zero-order chi connectivity index (χ0) is 21.0. The molecule has 7 nitrogen and oxygen atoms in total. The van der Waals surface area contributed by atoms with Crippen LogP contribution in [0.3, 0.4) is 0 Å². The Hall–Kier alpha value is -2.23. The molecule has 0 saturated carbocycles. The van der Waals surface area contributed by atoms with Crippen molar-refractivity contribution in [1.29, 1.82) is 0 Å². The molecule has 0 atom stereocenters. The summed E-state index contributed by atoms with van der Waals surface area (Å²) >= 11 is 3.35. The lowest BCUT2D eigenvalue weighted by atomic mass is 9.97. The molecule has 1 aliphatic rings. The minimum absolute atomic E-state index is 0.0600. The van der Waals surface area contributed by atoms with Crippen molar-refractivity contribution in [2.45, 2.75) is 18.6 Å². The molecule has 1 heterocycles. The van der Waals surface area contributed by atoms with E-state index in [0.29, 0.717) is 37.2 Å². The van der Waals surface area contributed by atoms with Crippen LogP contribution in [0.15, 0.2) is 53.0 Å². The minimum Gasteiger partial charge on any atom is -0.366 e. The van der Waals surface area contributed by atoms with Crippen molar-refractivity contribution in [3.8, 4) is 0 Å². The highest BCUT2D eigenvalue weighted by molar-refractivity contribution is 9.10. The molecule has 0 aromatic heterocycles. The summed E-state index contributed by atoms with van der Waals surface area (Å²) in [5.74, 6) is -1.00. The van der Waals surface area contributed by atoms with Gasteiger partial charge in [-0.05, 0) is 54.8 Å². The summed E-state index contributed by atoms with van der Waals surface area (Å²) in [4.78, 5) is 23.6. The van der Waals surface area contributed by atoms with Crippen LogP contribution in [0.1, 0.15) is 28.8 Å². The van der Waals surface area contributed by atoms with Gasteiger partial charge in [0.2, 0.25) is 21.8 Å². The van der Waals surface area contributed by atoms with E-state index >= 15 is 0 Å². The van der Waals surface area contributed by atoms with Crippen LogP contribution >= 0.6 is 15.9 Å². The Labute approximate surface area is 178 Å². The van der Waals surface area contributed by atoms with Crippen LogP contribution in [0.5, 0.6) is 0 Å². The molecule has 0 bridgehead atoms. The van der Waals surface area contributed by atoms with Crippen LogP contribution in [0.25, 0.3) is 0 Å². The number of carbonyl (C=O) groups is 2. The molecular formula is C20H22BrN3O4S. The average Bonchev–Trinajstić information content (AvgIpc) is 2.68. The second-order valence-corrected chi connectivity index (χ2v) is 9.87. The molecule has 0 unspecified atom stereocenters. The van der Waals surface area contributed by atoms with Crippen LogP contribution in [-0.4, -0.2) is 37.6 Å². The number of amides is 2. The Morgan fingerprint density at radius 1 is 1.10 bits per heavy atom. The van der Waals surface area contributed by atoms with Crippen LogP contribution in [0.4, 0.5) is 5.69 Å². The number of anilines is 1. The fourth-order valence-electron chi connectivity index (χ4n) is 3.29. The summed E-state index contributed by atoms with van der Waals surface area (Å²) in [5.41, 5.74) is 6.87. The number of primary amides is 1. The molecule has 1 aliphatic heterocycles. The zero-order valence-corrected chi connectivity index (χ0v) is 18.1. The topological polar surface area (TPSA) is 110 Å². The van der Waals surface area contributed by atoms with E-state index in [4.69, 9.17) is 5.73 Å². The van der Waals surface area contributed by atoms with Crippen LogP contribution in [0, 0.1) is 5.92 Å². The first-order valence-corrected chi connectivity index (χ1v) is 11.6. The highest BCUT2D eigenvalue weighted by Gasteiger charge is 2.31. The van der Waals surface area contributed by atoms with Crippen LogP contribution < -0.4 is 11.1 Å². The van der Waals surface area contributed by atoms with Crippen molar-refractivity contribution in [3.63, 3.8) is 0 Å². The summed E-state index contributed by atoms with van der Waals surface area (Å²) in [7, 11) is -3.44. The number of piperidine rings is 1. The van der Waals surface area contributed by atoms with Gasteiger partial charge < -0.3 is 11.1 Å². The Balaban J connectivity index is 1.55. The van der Waals surface area contributed by atoms with Crippen molar-refractivity contribution < 1.29 is 18.0 Å². The van der Waals surface area contributed by atoms with Gasteiger partial charge in [0.1, 0.15) is 0 Å². The van der Waals surface area contributed by atoms with Gasteiger partial charge in [-0.1, -0.05) is 28.1 Å². The quantitative estimate of drug-likeness (QED) is 0.663. The third kappa shape index (κ3) is 5.65. The Bertz CT molecular complexity index is 1000. The van der Waals surface area contributed by atoms with Crippen LogP contribution in [0.2, 0.25) is 0 Å². The molecule has 0 aliphatic carbocycles. The smallest absolute Gasteiger partial charge is 0.248 e. The summed E-state index contributed by atoms with van der Waals surface area (Å²) in [6.45, 7) is 0.629. The van der Waals surface area contributed by atoms with Gasteiger partial charge >= 0.3 is 0 Å². The molecule has 1 fully saturated rings. The van der Waals surface area contributed by atoms with E-state index in [9.17, 15) is 18.0 Å². The lowest BCUT2D eigenvalue weighted by Gasteiger charge is -2.30. The predicted octanol–water partition coefficient (Wildman–Crippen LogP) is 2.73. The number of hydrogen-bond donors (Lipinski definition) is 2. The molecule has 2 aromatic rings. The fourth-order valence-corrected chi connectivity index (χ4v) is 5.28. The van der Waals surface area contributed by atoms with Crippen molar-refractivity contribution in [2.75, 3.05) is 18.4 Å².